The smallest absolute Gasteiger partial charge is 0.327 e. The van der Waals surface area contributed by atoms with Crippen LogP contribution in [-0.4, -0.2) is 79.7 Å². The van der Waals surface area contributed by atoms with Crippen LogP contribution in [-0.2, 0) is 24.0 Å². The molecule has 0 aliphatic carbocycles. The molecule has 0 atom stereocenters. The van der Waals surface area contributed by atoms with Gasteiger partial charge in [-0.05, 0) is 39.9 Å². The lowest BCUT2D eigenvalue weighted by molar-refractivity contribution is -0.145. The Morgan fingerprint density at radius 3 is 1.56 bits per heavy atom. The molecule has 0 aromatic heterocycles. The van der Waals surface area contributed by atoms with E-state index in [1.165, 1.54) is 13.8 Å². The number of urea groups is 1. The van der Waals surface area contributed by atoms with Crippen molar-refractivity contribution in [3.05, 3.63) is 22.3 Å². The first-order chi connectivity index (χ1) is 14.7. The number of amides is 5. The normalized spacial score (nSPS) is 16.2. The first-order valence-corrected chi connectivity index (χ1v) is 9.27. The Kier molecular flexibility index (Phi) is 8.47. The molecule has 0 bridgehead atoms. The van der Waals surface area contributed by atoms with Gasteiger partial charge in [0.15, 0.2) is 5.11 Å². The summed E-state index contributed by atoms with van der Waals surface area (Å²) < 4.78 is 0. The molecule has 172 valence electrons. The first kappa shape index (κ1) is 26.1. The summed E-state index contributed by atoms with van der Waals surface area (Å²) in [4.78, 5) is 68.8. The summed E-state index contributed by atoms with van der Waals surface area (Å²) in [6, 6.07) is -0.644. The molecule has 0 aromatic rings. The standard InChI is InChI=1S/C11H12N2O6S.C7H9N3O2/c1-5(2)8-9(18)12(3-6(14)15)11(20)13(10(8)19)4-7(16)17;1-3(2)4-5(8)9-7(12)10-6(4)11/h3-4H2,1-2H3,(H,14,15)(H,16,17);1-2H3,(H3,8,9,10,11,12). The molecule has 0 spiro atoms. The van der Waals surface area contributed by atoms with Crippen LogP contribution in [0.4, 0.5) is 4.79 Å². The summed E-state index contributed by atoms with van der Waals surface area (Å²) >= 11 is 4.84. The Morgan fingerprint density at radius 1 is 0.844 bits per heavy atom. The number of aliphatic carboxylic acids is 2. The van der Waals surface area contributed by atoms with Crippen LogP contribution in [0.15, 0.2) is 22.3 Å². The van der Waals surface area contributed by atoms with Crippen LogP contribution < -0.4 is 10.6 Å². The van der Waals surface area contributed by atoms with Crippen molar-refractivity contribution in [1.29, 1.82) is 5.41 Å². The number of carboxylic acids is 2. The molecule has 32 heavy (non-hydrogen) atoms. The van der Waals surface area contributed by atoms with Crippen molar-refractivity contribution in [3.63, 3.8) is 0 Å². The highest BCUT2D eigenvalue weighted by Gasteiger charge is 2.41. The second kappa shape index (κ2) is 10.4. The van der Waals surface area contributed by atoms with Crippen LogP contribution in [0.3, 0.4) is 0 Å². The molecule has 0 radical (unpaired) electrons. The van der Waals surface area contributed by atoms with Gasteiger partial charge >= 0.3 is 18.0 Å². The third kappa shape index (κ3) is 6.04. The van der Waals surface area contributed by atoms with Crippen molar-refractivity contribution in [1.82, 2.24) is 20.4 Å². The van der Waals surface area contributed by atoms with E-state index in [0.29, 0.717) is 20.9 Å². The molecule has 2 aliphatic rings. The minimum absolute atomic E-state index is 0.135. The fraction of sp³-hybridized carbons (Fsp3) is 0.333. The quantitative estimate of drug-likeness (QED) is 0.207. The molecule has 14 heteroatoms. The van der Waals surface area contributed by atoms with E-state index >= 15 is 0 Å². The van der Waals surface area contributed by atoms with Gasteiger partial charge in [-0.1, -0.05) is 11.1 Å². The number of hydrogen-bond acceptors (Lipinski definition) is 8. The Morgan fingerprint density at radius 2 is 1.25 bits per heavy atom. The molecule has 2 saturated heterocycles. The summed E-state index contributed by atoms with van der Waals surface area (Å²) in [5.41, 5.74) is 1.03. The monoisotopic (exact) mass is 467 g/mol. The van der Waals surface area contributed by atoms with Crippen LogP contribution in [0.5, 0.6) is 0 Å². The molecule has 0 unspecified atom stereocenters. The average molecular weight is 467 g/mol. The zero-order chi connectivity index (χ0) is 24.9. The molecule has 2 fully saturated rings. The van der Waals surface area contributed by atoms with Gasteiger partial charge in [0.1, 0.15) is 24.5 Å². The van der Waals surface area contributed by atoms with Crippen LogP contribution in [0.1, 0.15) is 27.7 Å². The van der Waals surface area contributed by atoms with Gasteiger partial charge in [-0.2, -0.15) is 0 Å². The summed E-state index contributed by atoms with van der Waals surface area (Å²) in [5, 5.41) is 28.7. The number of thiocarbonyl (C=S) groups is 1. The Bertz CT molecular complexity index is 943. The minimum atomic E-state index is -1.32. The number of amidine groups is 1. The highest BCUT2D eigenvalue weighted by molar-refractivity contribution is 7.80. The molecular weight excluding hydrogens is 446 g/mol. The summed E-state index contributed by atoms with van der Waals surface area (Å²) in [6.07, 6.45) is 0. The third-order valence-corrected chi connectivity index (χ3v) is 4.35. The molecule has 2 rings (SSSR count). The molecule has 5 N–H and O–H groups in total. The largest absolute Gasteiger partial charge is 0.480 e. The Labute approximate surface area is 187 Å². The van der Waals surface area contributed by atoms with E-state index in [9.17, 15) is 28.8 Å². The van der Waals surface area contributed by atoms with E-state index in [-0.39, 0.29) is 17.0 Å². The average Bonchev–Trinajstić information content (AvgIpc) is 2.61. The predicted octanol–water partition coefficient (Wildman–Crippen LogP) is -0.413. The Hall–Kier alpha value is -3.94. The minimum Gasteiger partial charge on any atom is -0.480 e. The number of hydrogen-bond donors (Lipinski definition) is 5. The van der Waals surface area contributed by atoms with Gasteiger partial charge < -0.3 is 10.2 Å². The number of carbonyl (C=O) groups excluding carboxylic acids is 4. The third-order valence-electron chi connectivity index (χ3n) is 3.91. The van der Waals surface area contributed by atoms with Gasteiger partial charge in [-0.3, -0.25) is 49.8 Å². The lowest BCUT2D eigenvalue weighted by atomic mass is 10.1. The van der Waals surface area contributed by atoms with Gasteiger partial charge in [0.2, 0.25) is 0 Å². The highest BCUT2D eigenvalue weighted by atomic mass is 32.1. The highest BCUT2D eigenvalue weighted by Crippen LogP contribution is 2.20. The number of nitrogens with one attached hydrogen (secondary N) is 3. The zero-order valence-corrected chi connectivity index (χ0v) is 18.4. The van der Waals surface area contributed by atoms with E-state index in [4.69, 9.17) is 27.8 Å². The Balaban J connectivity index is 0.000000363. The van der Waals surface area contributed by atoms with Crippen molar-refractivity contribution in [3.8, 4) is 0 Å². The van der Waals surface area contributed by atoms with E-state index in [1.54, 1.807) is 13.8 Å². The topological polar surface area (TPSA) is 197 Å². The maximum absolute atomic E-state index is 12.1. The molecule has 2 heterocycles. The van der Waals surface area contributed by atoms with E-state index in [0.717, 1.165) is 0 Å². The molecular formula is C18H21N5O8S. The van der Waals surface area contributed by atoms with Crippen molar-refractivity contribution in [2.24, 2.45) is 0 Å². The fourth-order valence-corrected chi connectivity index (χ4v) is 2.92. The lowest BCUT2D eigenvalue weighted by Crippen LogP contribution is -2.58. The SMILES string of the molecule is CC(C)=C1C(=N)NC(=O)NC1=O.CC(C)=C1C(=O)N(CC(=O)O)C(=S)N(CC(=O)O)C1=O. The van der Waals surface area contributed by atoms with E-state index in [1.807, 2.05) is 0 Å². The first-order valence-electron chi connectivity index (χ1n) is 8.86. The van der Waals surface area contributed by atoms with Gasteiger partial charge in [0.25, 0.3) is 17.7 Å². The second-order valence-electron chi connectivity index (χ2n) is 6.89. The van der Waals surface area contributed by atoms with Crippen molar-refractivity contribution in [2.45, 2.75) is 27.7 Å². The van der Waals surface area contributed by atoms with E-state index in [2.05, 4.69) is 10.6 Å². The molecule has 0 saturated carbocycles. The zero-order valence-electron chi connectivity index (χ0n) is 17.6. The van der Waals surface area contributed by atoms with Gasteiger partial charge in [0, 0.05) is 0 Å². The van der Waals surface area contributed by atoms with Crippen molar-refractivity contribution in [2.75, 3.05) is 13.1 Å². The molecule has 2 aliphatic heterocycles. The number of carbonyl (C=O) groups is 6. The van der Waals surface area contributed by atoms with Crippen LogP contribution in [0.25, 0.3) is 0 Å². The van der Waals surface area contributed by atoms with Crippen molar-refractivity contribution >= 4 is 58.9 Å². The maximum Gasteiger partial charge on any atom is 0.327 e. The predicted molar refractivity (Wildman–Crippen MR) is 112 cm³/mol. The number of nitrogens with zero attached hydrogens (tertiary/aromatic N) is 2. The maximum atomic E-state index is 12.1. The number of imide groups is 1. The van der Waals surface area contributed by atoms with E-state index < -0.39 is 53.9 Å². The molecule has 5 amide bonds. The summed E-state index contributed by atoms with van der Waals surface area (Å²) in [5.74, 6) is -4.95. The number of rotatable bonds is 4. The molecule has 0 aromatic carbocycles. The summed E-state index contributed by atoms with van der Waals surface area (Å²) in [6.45, 7) is 4.94. The fourth-order valence-electron chi connectivity index (χ4n) is 2.62. The van der Waals surface area contributed by atoms with Crippen LogP contribution >= 0.6 is 12.2 Å². The van der Waals surface area contributed by atoms with Crippen LogP contribution in [0, 0.1) is 5.41 Å². The van der Waals surface area contributed by atoms with Gasteiger partial charge in [-0.15, -0.1) is 0 Å². The van der Waals surface area contributed by atoms with Gasteiger partial charge in [0.05, 0.1) is 5.57 Å². The van der Waals surface area contributed by atoms with Gasteiger partial charge in [-0.25, -0.2) is 4.79 Å². The van der Waals surface area contributed by atoms with Crippen LogP contribution in [0.2, 0.25) is 0 Å². The summed E-state index contributed by atoms with van der Waals surface area (Å²) in [7, 11) is 0. The molecule has 13 nitrogen and oxygen atoms in total. The lowest BCUT2D eigenvalue weighted by Gasteiger charge is -2.35. The number of carboxylic acid groups (broad SMARTS) is 2. The van der Waals surface area contributed by atoms with Crippen molar-refractivity contribution < 1.29 is 39.0 Å². The second-order valence-corrected chi connectivity index (χ2v) is 7.25. The number of allylic oxidation sites excluding steroid dienone is 2.